The average molecular weight is 424 g/mol. The van der Waals surface area contributed by atoms with Gasteiger partial charge < -0.3 is 20.5 Å². The quantitative estimate of drug-likeness (QED) is 0.601. The van der Waals surface area contributed by atoms with Crippen LogP contribution in [0.2, 0.25) is 0 Å². The van der Waals surface area contributed by atoms with Crippen molar-refractivity contribution in [3.05, 3.63) is 59.7 Å². The molecule has 0 heterocycles. The maximum atomic E-state index is 12.5. The molecule has 3 N–H and O–H groups in total. The highest BCUT2D eigenvalue weighted by Crippen LogP contribution is 2.44. The van der Waals surface area contributed by atoms with Crippen LogP contribution in [0.4, 0.5) is 4.79 Å². The van der Waals surface area contributed by atoms with Crippen LogP contribution < -0.4 is 10.6 Å². The topological polar surface area (TPSA) is 105 Å². The lowest BCUT2D eigenvalue weighted by atomic mass is 9.98. The molecule has 1 aliphatic rings. The molecule has 1 aliphatic carbocycles. The molecule has 0 bridgehead atoms. The van der Waals surface area contributed by atoms with Gasteiger partial charge in [0.15, 0.2) is 0 Å². The molecule has 31 heavy (non-hydrogen) atoms. The lowest BCUT2D eigenvalue weighted by Crippen LogP contribution is -2.52. The number of fused-ring (bicyclic) bond motifs is 3. The van der Waals surface area contributed by atoms with Gasteiger partial charge in [-0.2, -0.15) is 0 Å². The minimum atomic E-state index is -1.00. The Morgan fingerprint density at radius 2 is 1.48 bits per heavy atom. The number of hydrogen-bond donors (Lipinski definition) is 3. The van der Waals surface area contributed by atoms with Crippen molar-refractivity contribution in [1.29, 1.82) is 0 Å². The number of carboxylic acids is 1. The standard InChI is InChI=1S/C24H28N2O5/c1-14(2)22(23(29)25-15(3)12-21(27)28)26-24(30)31-13-20-18-10-6-4-8-16(18)17-9-5-7-11-19(17)20/h4-11,14-15,20,22H,12-13H2,1-3H3,(H,25,29)(H,26,30)(H,27,28)/t15-,22?/m0/s1. The van der Waals surface area contributed by atoms with E-state index in [-0.39, 0.29) is 24.9 Å². The SMILES string of the molecule is CC(C)C(NC(=O)OCC1c2ccccc2-c2ccccc21)C(=O)N[C@@H](C)CC(=O)O. The number of hydrogen-bond acceptors (Lipinski definition) is 4. The van der Waals surface area contributed by atoms with Crippen LogP contribution in [-0.4, -0.2) is 41.8 Å². The summed E-state index contributed by atoms with van der Waals surface area (Å²) < 4.78 is 5.52. The Balaban J connectivity index is 1.63. The lowest BCUT2D eigenvalue weighted by Gasteiger charge is -2.24. The molecule has 0 radical (unpaired) electrons. The van der Waals surface area contributed by atoms with Crippen LogP contribution in [0.5, 0.6) is 0 Å². The van der Waals surface area contributed by atoms with Gasteiger partial charge in [0.25, 0.3) is 0 Å². The van der Waals surface area contributed by atoms with E-state index in [1.165, 1.54) is 0 Å². The van der Waals surface area contributed by atoms with Crippen LogP contribution in [0, 0.1) is 5.92 Å². The van der Waals surface area contributed by atoms with Gasteiger partial charge in [-0.1, -0.05) is 62.4 Å². The number of carbonyl (C=O) groups is 3. The van der Waals surface area contributed by atoms with E-state index in [4.69, 9.17) is 9.84 Å². The monoisotopic (exact) mass is 424 g/mol. The summed E-state index contributed by atoms with van der Waals surface area (Å²) >= 11 is 0. The van der Waals surface area contributed by atoms with Crippen LogP contribution in [0.25, 0.3) is 11.1 Å². The van der Waals surface area contributed by atoms with Gasteiger partial charge in [-0.05, 0) is 35.1 Å². The Hall–Kier alpha value is -3.35. The first-order valence-electron chi connectivity index (χ1n) is 10.4. The van der Waals surface area contributed by atoms with E-state index >= 15 is 0 Å². The van der Waals surface area contributed by atoms with Crippen molar-refractivity contribution in [3.63, 3.8) is 0 Å². The van der Waals surface area contributed by atoms with Crippen LogP contribution in [-0.2, 0) is 14.3 Å². The highest BCUT2D eigenvalue weighted by molar-refractivity contribution is 5.86. The lowest BCUT2D eigenvalue weighted by molar-refractivity contribution is -0.137. The van der Waals surface area contributed by atoms with Gasteiger partial charge in [-0.25, -0.2) is 4.79 Å². The molecule has 0 saturated heterocycles. The van der Waals surface area contributed by atoms with Crippen LogP contribution in [0.1, 0.15) is 44.2 Å². The van der Waals surface area contributed by atoms with Crippen molar-refractivity contribution < 1.29 is 24.2 Å². The fraction of sp³-hybridized carbons (Fsp3) is 0.375. The molecule has 0 aliphatic heterocycles. The number of carboxylic acid groups (broad SMARTS) is 1. The maximum absolute atomic E-state index is 12.5. The number of carbonyl (C=O) groups excluding carboxylic acids is 2. The molecule has 0 aromatic heterocycles. The predicted octanol–water partition coefficient (Wildman–Crippen LogP) is 3.53. The summed E-state index contributed by atoms with van der Waals surface area (Å²) in [5.41, 5.74) is 4.49. The number of benzene rings is 2. The van der Waals surface area contributed by atoms with E-state index < -0.39 is 30.1 Å². The van der Waals surface area contributed by atoms with Crippen molar-refractivity contribution in [2.45, 2.75) is 45.2 Å². The Morgan fingerprint density at radius 3 is 2.00 bits per heavy atom. The first kappa shape index (κ1) is 22.3. The first-order chi connectivity index (χ1) is 14.8. The number of aliphatic carboxylic acids is 1. The molecule has 2 atom stereocenters. The van der Waals surface area contributed by atoms with Crippen molar-refractivity contribution in [2.24, 2.45) is 5.92 Å². The van der Waals surface area contributed by atoms with E-state index in [0.29, 0.717) is 0 Å². The molecule has 3 rings (SSSR count). The zero-order valence-electron chi connectivity index (χ0n) is 17.9. The van der Waals surface area contributed by atoms with Gasteiger partial charge >= 0.3 is 12.1 Å². The van der Waals surface area contributed by atoms with Gasteiger partial charge in [0, 0.05) is 12.0 Å². The van der Waals surface area contributed by atoms with Gasteiger partial charge in [0.1, 0.15) is 12.6 Å². The van der Waals surface area contributed by atoms with Gasteiger partial charge in [-0.3, -0.25) is 9.59 Å². The number of alkyl carbamates (subject to hydrolysis) is 1. The molecule has 1 unspecified atom stereocenters. The van der Waals surface area contributed by atoms with Gasteiger partial charge in [-0.15, -0.1) is 0 Å². The summed E-state index contributed by atoms with van der Waals surface area (Å²) in [7, 11) is 0. The summed E-state index contributed by atoms with van der Waals surface area (Å²) in [6.45, 7) is 5.37. The van der Waals surface area contributed by atoms with Crippen LogP contribution >= 0.6 is 0 Å². The Labute approximate surface area is 181 Å². The average Bonchev–Trinajstić information content (AvgIpc) is 3.03. The van der Waals surface area contributed by atoms with Crippen molar-refractivity contribution in [1.82, 2.24) is 10.6 Å². The summed E-state index contributed by atoms with van der Waals surface area (Å²) in [5, 5.41) is 14.1. The molecular weight excluding hydrogens is 396 g/mol. The van der Waals surface area contributed by atoms with Gasteiger partial charge in [0.2, 0.25) is 5.91 Å². The summed E-state index contributed by atoms with van der Waals surface area (Å²) in [5.74, 6) is -1.70. The van der Waals surface area contributed by atoms with Crippen molar-refractivity contribution in [2.75, 3.05) is 6.61 Å². The van der Waals surface area contributed by atoms with Crippen molar-refractivity contribution >= 4 is 18.0 Å². The third kappa shape index (κ3) is 5.23. The third-order valence-corrected chi connectivity index (χ3v) is 5.44. The van der Waals surface area contributed by atoms with Gasteiger partial charge in [0.05, 0.1) is 6.42 Å². The zero-order valence-corrected chi connectivity index (χ0v) is 17.9. The summed E-state index contributed by atoms with van der Waals surface area (Å²) in [4.78, 5) is 35.8. The minimum Gasteiger partial charge on any atom is -0.481 e. The second-order valence-corrected chi connectivity index (χ2v) is 8.20. The molecule has 7 nitrogen and oxygen atoms in total. The number of ether oxygens (including phenoxy) is 1. The minimum absolute atomic E-state index is 0.0694. The highest BCUT2D eigenvalue weighted by atomic mass is 16.5. The van der Waals surface area contributed by atoms with E-state index in [0.717, 1.165) is 22.3 Å². The first-order valence-corrected chi connectivity index (χ1v) is 10.4. The van der Waals surface area contributed by atoms with E-state index in [1.807, 2.05) is 36.4 Å². The maximum Gasteiger partial charge on any atom is 0.407 e. The fourth-order valence-electron chi connectivity index (χ4n) is 3.95. The van der Waals surface area contributed by atoms with E-state index in [2.05, 4.69) is 22.8 Å². The molecule has 0 spiro atoms. The second-order valence-electron chi connectivity index (χ2n) is 8.20. The molecule has 2 aromatic carbocycles. The molecular formula is C24H28N2O5. The smallest absolute Gasteiger partial charge is 0.407 e. The fourth-order valence-corrected chi connectivity index (χ4v) is 3.95. The normalized spacial score (nSPS) is 14.3. The molecule has 7 heteroatoms. The Morgan fingerprint density at radius 1 is 0.935 bits per heavy atom. The van der Waals surface area contributed by atoms with E-state index in [1.54, 1.807) is 20.8 Å². The molecule has 2 aromatic rings. The molecule has 164 valence electrons. The zero-order chi connectivity index (χ0) is 22.5. The predicted molar refractivity (Wildman–Crippen MR) is 117 cm³/mol. The number of nitrogens with one attached hydrogen (secondary N) is 2. The number of amides is 2. The summed E-state index contributed by atoms with van der Waals surface area (Å²) in [6.07, 6.45) is -0.872. The third-order valence-electron chi connectivity index (χ3n) is 5.44. The largest absolute Gasteiger partial charge is 0.481 e. The molecule has 0 saturated carbocycles. The van der Waals surface area contributed by atoms with Crippen molar-refractivity contribution in [3.8, 4) is 11.1 Å². The number of rotatable bonds is 8. The second kappa shape index (κ2) is 9.64. The highest BCUT2D eigenvalue weighted by Gasteiger charge is 2.30. The van der Waals surface area contributed by atoms with Crippen LogP contribution in [0.15, 0.2) is 48.5 Å². The summed E-state index contributed by atoms with van der Waals surface area (Å²) in [6, 6.07) is 14.7. The Bertz CT molecular complexity index is 926. The molecule has 0 fully saturated rings. The van der Waals surface area contributed by atoms with E-state index in [9.17, 15) is 14.4 Å². The molecule has 2 amide bonds. The van der Waals surface area contributed by atoms with Crippen LogP contribution in [0.3, 0.4) is 0 Å². The Kier molecular flexibility index (Phi) is 6.95.